The molecule has 2 aromatic carbocycles. The summed E-state index contributed by atoms with van der Waals surface area (Å²) in [6, 6.07) is 14.3. The number of aromatic hydroxyl groups is 1. The molecule has 0 bridgehead atoms. The van der Waals surface area contributed by atoms with Crippen LogP contribution in [-0.4, -0.2) is 18.3 Å². The quantitative estimate of drug-likeness (QED) is 0.858. The van der Waals surface area contributed by atoms with Crippen LogP contribution in [0.2, 0.25) is 0 Å². The highest BCUT2D eigenvalue weighted by Gasteiger charge is 1.97. The second-order valence-electron chi connectivity index (χ2n) is 3.65. The summed E-state index contributed by atoms with van der Waals surface area (Å²) < 4.78 is 11.9. The summed E-state index contributed by atoms with van der Waals surface area (Å²) in [4.78, 5) is 0. The molecule has 0 saturated heterocycles. The molecule has 0 aliphatic heterocycles. The molecule has 0 spiro atoms. The molecule has 0 unspecified atom stereocenters. The topological polar surface area (TPSA) is 38.7 Å². The van der Waals surface area contributed by atoms with Crippen LogP contribution in [0.25, 0.3) is 0 Å². The van der Waals surface area contributed by atoms with Crippen LogP contribution in [0.1, 0.15) is 0 Å². The van der Waals surface area contributed by atoms with E-state index in [0.29, 0.717) is 19.0 Å². The molecule has 0 aliphatic rings. The van der Waals surface area contributed by atoms with Gasteiger partial charge in [0.1, 0.15) is 30.5 Å². The van der Waals surface area contributed by atoms with E-state index in [1.165, 1.54) is 0 Å². The second kappa shape index (κ2) is 6.31. The number of phenols is 1. The Morgan fingerprint density at radius 3 is 2.11 bits per heavy atom. The molecule has 94 valence electrons. The van der Waals surface area contributed by atoms with E-state index in [9.17, 15) is 5.11 Å². The molecular weight excluding hydrogens is 296 g/mol. The average Bonchev–Trinajstić information content (AvgIpc) is 2.35. The molecule has 1 N–H and O–H groups in total. The maximum Gasteiger partial charge on any atom is 0.123 e. The normalized spacial score (nSPS) is 10.1. The van der Waals surface area contributed by atoms with Crippen molar-refractivity contribution in [1.82, 2.24) is 0 Å². The van der Waals surface area contributed by atoms with Gasteiger partial charge in [0, 0.05) is 10.5 Å². The van der Waals surface area contributed by atoms with Gasteiger partial charge in [0.15, 0.2) is 0 Å². The Morgan fingerprint density at radius 1 is 0.889 bits per heavy atom. The third kappa shape index (κ3) is 3.96. The van der Waals surface area contributed by atoms with E-state index in [2.05, 4.69) is 15.9 Å². The van der Waals surface area contributed by atoms with Gasteiger partial charge in [0.2, 0.25) is 0 Å². The van der Waals surface area contributed by atoms with E-state index in [1.54, 1.807) is 24.3 Å². The first-order chi connectivity index (χ1) is 8.74. The van der Waals surface area contributed by atoms with Crippen LogP contribution in [0.5, 0.6) is 17.2 Å². The average molecular weight is 309 g/mol. The van der Waals surface area contributed by atoms with E-state index in [1.807, 2.05) is 24.3 Å². The minimum Gasteiger partial charge on any atom is -0.508 e. The fraction of sp³-hybridized carbons (Fsp3) is 0.143. The van der Waals surface area contributed by atoms with Crippen LogP contribution in [0.4, 0.5) is 0 Å². The minimum absolute atomic E-state index is 0.195. The van der Waals surface area contributed by atoms with E-state index in [4.69, 9.17) is 9.47 Å². The van der Waals surface area contributed by atoms with Gasteiger partial charge < -0.3 is 14.6 Å². The van der Waals surface area contributed by atoms with Gasteiger partial charge in [-0.3, -0.25) is 0 Å². The van der Waals surface area contributed by atoms with Crippen LogP contribution in [-0.2, 0) is 0 Å². The lowest BCUT2D eigenvalue weighted by Gasteiger charge is -2.08. The maximum absolute atomic E-state index is 9.26. The number of phenolic OH excluding ortho intramolecular Hbond substituents is 1. The van der Waals surface area contributed by atoms with E-state index >= 15 is 0 Å². The summed E-state index contributed by atoms with van der Waals surface area (Å²) >= 11 is 3.38. The zero-order valence-corrected chi connectivity index (χ0v) is 11.3. The van der Waals surface area contributed by atoms with Gasteiger partial charge in [-0.05, 0) is 30.3 Å². The zero-order valence-electron chi connectivity index (χ0n) is 9.67. The van der Waals surface area contributed by atoms with Crippen molar-refractivity contribution < 1.29 is 14.6 Å². The Morgan fingerprint density at radius 2 is 1.50 bits per heavy atom. The first kappa shape index (κ1) is 12.8. The lowest BCUT2D eigenvalue weighted by molar-refractivity contribution is 0.216. The molecule has 0 amide bonds. The third-order valence-corrected chi connectivity index (χ3v) is 2.73. The highest BCUT2D eigenvalue weighted by atomic mass is 79.9. The van der Waals surface area contributed by atoms with Crippen molar-refractivity contribution in [1.29, 1.82) is 0 Å². The standard InChI is InChI=1S/C14H13BrO3/c15-11-3-1-5-13(9-11)17-7-8-18-14-6-2-4-12(16)10-14/h1-6,9-10,16H,7-8H2. The smallest absolute Gasteiger partial charge is 0.123 e. The fourth-order valence-corrected chi connectivity index (χ4v) is 1.83. The Labute approximate surface area is 114 Å². The van der Waals surface area contributed by atoms with Gasteiger partial charge in [-0.15, -0.1) is 0 Å². The first-order valence-electron chi connectivity index (χ1n) is 5.54. The second-order valence-corrected chi connectivity index (χ2v) is 4.57. The van der Waals surface area contributed by atoms with Crippen LogP contribution < -0.4 is 9.47 Å². The Balaban J connectivity index is 1.76. The number of ether oxygens (including phenoxy) is 2. The van der Waals surface area contributed by atoms with Gasteiger partial charge in [-0.25, -0.2) is 0 Å². The van der Waals surface area contributed by atoms with Crippen molar-refractivity contribution in [3.05, 3.63) is 53.0 Å². The lowest BCUT2D eigenvalue weighted by Crippen LogP contribution is -2.08. The molecule has 0 fully saturated rings. The molecule has 18 heavy (non-hydrogen) atoms. The summed E-state index contributed by atoms with van der Waals surface area (Å²) in [7, 11) is 0. The molecule has 2 aromatic rings. The lowest BCUT2D eigenvalue weighted by atomic mass is 10.3. The molecule has 4 heteroatoms. The van der Waals surface area contributed by atoms with E-state index in [0.717, 1.165) is 10.2 Å². The van der Waals surface area contributed by atoms with Gasteiger partial charge in [-0.1, -0.05) is 28.1 Å². The number of hydrogen-bond acceptors (Lipinski definition) is 3. The van der Waals surface area contributed by atoms with Crippen molar-refractivity contribution in [3.8, 4) is 17.2 Å². The molecule has 0 heterocycles. The number of halogens is 1. The van der Waals surface area contributed by atoms with Crippen molar-refractivity contribution in [2.24, 2.45) is 0 Å². The first-order valence-corrected chi connectivity index (χ1v) is 6.33. The van der Waals surface area contributed by atoms with Gasteiger partial charge in [0.25, 0.3) is 0 Å². The van der Waals surface area contributed by atoms with Crippen molar-refractivity contribution in [3.63, 3.8) is 0 Å². The van der Waals surface area contributed by atoms with Crippen LogP contribution in [0, 0.1) is 0 Å². The fourth-order valence-electron chi connectivity index (χ4n) is 1.45. The van der Waals surface area contributed by atoms with Gasteiger partial charge >= 0.3 is 0 Å². The number of rotatable bonds is 5. The molecule has 0 atom stereocenters. The predicted molar refractivity (Wildman–Crippen MR) is 73.2 cm³/mol. The monoisotopic (exact) mass is 308 g/mol. The summed E-state index contributed by atoms with van der Waals surface area (Å²) in [5, 5.41) is 9.26. The molecule has 0 radical (unpaired) electrons. The summed E-state index contributed by atoms with van der Waals surface area (Å²) in [6.45, 7) is 0.877. The Kier molecular flexibility index (Phi) is 4.47. The van der Waals surface area contributed by atoms with Crippen LogP contribution in [0.3, 0.4) is 0 Å². The molecule has 3 nitrogen and oxygen atoms in total. The van der Waals surface area contributed by atoms with E-state index < -0.39 is 0 Å². The van der Waals surface area contributed by atoms with Gasteiger partial charge in [-0.2, -0.15) is 0 Å². The minimum atomic E-state index is 0.195. The molecule has 0 aromatic heterocycles. The van der Waals surface area contributed by atoms with Crippen molar-refractivity contribution >= 4 is 15.9 Å². The molecule has 2 rings (SSSR count). The maximum atomic E-state index is 9.26. The molecule has 0 saturated carbocycles. The SMILES string of the molecule is Oc1cccc(OCCOc2cccc(Br)c2)c1. The summed E-state index contributed by atoms with van der Waals surface area (Å²) in [6.07, 6.45) is 0. The van der Waals surface area contributed by atoms with Gasteiger partial charge in [0.05, 0.1) is 0 Å². The van der Waals surface area contributed by atoms with Crippen molar-refractivity contribution in [2.75, 3.05) is 13.2 Å². The summed E-state index contributed by atoms with van der Waals surface area (Å²) in [5.74, 6) is 1.62. The Bertz CT molecular complexity index is 466. The summed E-state index contributed by atoms with van der Waals surface area (Å²) in [5.41, 5.74) is 0. The number of hydrogen-bond donors (Lipinski definition) is 1. The third-order valence-electron chi connectivity index (χ3n) is 2.23. The van der Waals surface area contributed by atoms with Crippen molar-refractivity contribution in [2.45, 2.75) is 0 Å². The molecule has 0 aliphatic carbocycles. The highest BCUT2D eigenvalue weighted by Crippen LogP contribution is 2.19. The highest BCUT2D eigenvalue weighted by molar-refractivity contribution is 9.10. The largest absolute Gasteiger partial charge is 0.508 e. The van der Waals surface area contributed by atoms with Crippen LogP contribution in [0.15, 0.2) is 53.0 Å². The predicted octanol–water partition coefficient (Wildman–Crippen LogP) is 3.61. The number of benzene rings is 2. The Hall–Kier alpha value is -1.68. The molecular formula is C14H13BrO3. The van der Waals surface area contributed by atoms with Crippen LogP contribution >= 0.6 is 15.9 Å². The zero-order chi connectivity index (χ0) is 12.8. The van der Waals surface area contributed by atoms with E-state index in [-0.39, 0.29) is 5.75 Å².